The Balaban J connectivity index is 1.48. The lowest BCUT2D eigenvalue weighted by molar-refractivity contribution is -0.138. The van der Waals surface area contributed by atoms with Gasteiger partial charge in [0.15, 0.2) is 0 Å². The van der Waals surface area contributed by atoms with Crippen molar-refractivity contribution in [2.75, 3.05) is 11.4 Å². The van der Waals surface area contributed by atoms with Gasteiger partial charge < -0.3 is 9.42 Å². The molecule has 0 radical (unpaired) electrons. The fraction of sp³-hybridized carbons (Fsp3) is 0.391. The van der Waals surface area contributed by atoms with E-state index in [0.29, 0.717) is 23.6 Å². The van der Waals surface area contributed by atoms with Crippen LogP contribution < -0.4 is 4.90 Å². The molecule has 5 rings (SSSR count). The molecule has 1 fully saturated rings. The molecule has 0 bridgehead atoms. The molecule has 2 aliphatic rings. The first-order chi connectivity index (χ1) is 14.5. The lowest BCUT2D eigenvalue weighted by Crippen LogP contribution is -2.15. The number of benzene rings is 2. The Bertz CT molecular complexity index is 1050. The fourth-order valence-corrected chi connectivity index (χ4v) is 4.69. The minimum absolute atomic E-state index is 0.0382. The van der Waals surface area contributed by atoms with E-state index in [1.165, 1.54) is 11.6 Å². The molecular formula is C23H22F3N3O. The van der Waals surface area contributed by atoms with Crippen LogP contribution in [0, 0.1) is 0 Å². The topological polar surface area (TPSA) is 42.2 Å². The van der Waals surface area contributed by atoms with Crippen LogP contribution in [0.4, 0.5) is 24.8 Å². The Kier molecular flexibility index (Phi) is 4.76. The smallest absolute Gasteiger partial charge is 0.332 e. The van der Waals surface area contributed by atoms with E-state index in [0.717, 1.165) is 44.2 Å². The van der Waals surface area contributed by atoms with E-state index in [1.807, 2.05) is 23.1 Å². The summed E-state index contributed by atoms with van der Waals surface area (Å²) in [5.74, 6) is 0.443. The molecule has 156 valence electrons. The van der Waals surface area contributed by atoms with Gasteiger partial charge in [-0.25, -0.2) is 0 Å². The maximum absolute atomic E-state index is 13.8. The van der Waals surface area contributed by atoms with Gasteiger partial charge in [0, 0.05) is 17.8 Å². The molecule has 0 N–H and O–H groups in total. The van der Waals surface area contributed by atoms with E-state index in [4.69, 9.17) is 4.52 Å². The van der Waals surface area contributed by atoms with Gasteiger partial charge in [-0.1, -0.05) is 43.5 Å². The zero-order valence-electron chi connectivity index (χ0n) is 16.5. The van der Waals surface area contributed by atoms with Crippen molar-refractivity contribution in [2.24, 2.45) is 0 Å². The Morgan fingerprint density at radius 1 is 1.00 bits per heavy atom. The van der Waals surface area contributed by atoms with Crippen LogP contribution in [0.5, 0.6) is 0 Å². The molecule has 2 aromatic carbocycles. The predicted octanol–water partition coefficient (Wildman–Crippen LogP) is 6.50. The third kappa shape index (κ3) is 3.46. The number of aromatic nitrogens is 2. The van der Waals surface area contributed by atoms with Gasteiger partial charge in [-0.2, -0.15) is 18.2 Å². The molecular weight excluding hydrogens is 391 g/mol. The molecule has 1 aliphatic heterocycles. The minimum atomic E-state index is -4.42. The Morgan fingerprint density at radius 2 is 1.80 bits per heavy atom. The van der Waals surface area contributed by atoms with Gasteiger partial charge in [0.25, 0.3) is 11.8 Å². The molecule has 2 heterocycles. The highest BCUT2D eigenvalue weighted by atomic mass is 19.4. The number of anilines is 2. The summed E-state index contributed by atoms with van der Waals surface area (Å²) >= 11 is 0. The first kappa shape index (κ1) is 19.2. The number of para-hydroxylation sites is 1. The molecule has 0 unspecified atom stereocenters. The van der Waals surface area contributed by atoms with Crippen LogP contribution in [0.3, 0.4) is 0 Å². The van der Waals surface area contributed by atoms with Gasteiger partial charge >= 0.3 is 6.18 Å². The zero-order chi connectivity index (χ0) is 20.7. The summed E-state index contributed by atoms with van der Waals surface area (Å²) in [6, 6.07) is 12.4. The van der Waals surface area contributed by atoms with Crippen molar-refractivity contribution in [1.82, 2.24) is 10.1 Å². The summed E-state index contributed by atoms with van der Waals surface area (Å²) in [5, 5.41) is 4.04. The van der Waals surface area contributed by atoms with E-state index in [1.54, 1.807) is 12.1 Å². The van der Waals surface area contributed by atoms with E-state index in [-0.39, 0.29) is 11.8 Å². The molecule has 0 spiro atoms. The van der Waals surface area contributed by atoms with Crippen LogP contribution >= 0.6 is 0 Å². The number of fused-ring (bicyclic) bond motifs is 1. The molecule has 1 aliphatic carbocycles. The summed E-state index contributed by atoms with van der Waals surface area (Å²) in [7, 11) is 0. The van der Waals surface area contributed by atoms with E-state index >= 15 is 0 Å². The molecule has 30 heavy (non-hydrogen) atoms. The second kappa shape index (κ2) is 7.45. The molecule has 0 saturated heterocycles. The second-order valence-electron chi connectivity index (χ2n) is 8.06. The van der Waals surface area contributed by atoms with Gasteiger partial charge in [-0.15, -0.1) is 0 Å². The van der Waals surface area contributed by atoms with Crippen LogP contribution in [-0.2, 0) is 12.6 Å². The van der Waals surface area contributed by atoms with Crippen molar-refractivity contribution in [3.8, 4) is 11.5 Å². The summed E-state index contributed by atoms with van der Waals surface area (Å²) < 4.78 is 46.9. The monoisotopic (exact) mass is 413 g/mol. The maximum atomic E-state index is 13.8. The number of halogens is 3. The SMILES string of the molecule is FC(F)(F)c1cc(-c2nc(N3CCc4ccccc43)no2)ccc1C1CCCCC1. The lowest BCUT2D eigenvalue weighted by atomic mass is 9.81. The van der Waals surface area contributed by atoms with Gasteiger partial charge in [0.1, 0.15) is 0 Å². The van der Waals surface area contributed by atoms with E-state index in [2.05, 4.69) is 16.2 Å². The highest BCUT2D eigenvalue weighted by molar-refractivity contribution is 5.67. The fourth-order valence-electron chi connectivity index (χ4n) is 4.69. The van der Waals surface area contributed by atoms with Crippen molar-refractivity contribution < 1.29 is 17.7 Å². The van der Waals surface area contributed by atoms with Crippen molar-refractivity contribution in [3.63, 3.8) is 0 Å². The molecule has 3 aromatic rings. The summed E-state index contributed by atoms with van der Waals surface area (Å²) in [6.45, 7) is 0.715. The van der Waals surface area contributed by atoms with Gasteiger partial charge in [0.2, 0.25) is 0 Å². The Labute approximate surface area is 172 Å². The van der Waals surface area contributed by atoms with Gasteiger partial charge in [-0.3, -0.25) is 0 Å². The average Bonchev–Trinajstić information content (AvgIpc) is 3.40. The Hall–Kier alpha value is -2.83. The zero-order valence-corrected chi connectivity index (χ0v) is 16.5. The first-order valence-corrected chi connectivity index (χ1v) is 10.4. The van der Waals surface area contributed by atoms with Crippen LogP contribution in [-0.4, -0.2) is 16.7 Å². The van der Waals surface area contributed by atoms with Crippen molar-refractivity contribution in [1.29, 1.82) is 0 Å². The number of rotatable bonds is 3. The van der Waals surface area contributed by atoms with E-state index < -0.39 is 11.7 Å². The maximum Gasteiger partial charge on any atom is 0.416 e. The predicted molar refractivity (Wildman–Crippen MR) is 108 cm³/mol. The number of hydrogen-bond donors (Lipinski definition) is 0. The highest BCUT2D eigenvalue weighted by Gasteiger charge is 2.36. The molecule has 1 aromatic heterocycles. The molecule has 0 amide bonds. The second-order valence-corrected chi connectivity index (χ2v) is 8.06. The molecule has 7 heteroatoms. The van der Waals surface area contributed by atoms with Crippen molar-refractivity contribution in [3.05, 3.63) is 59.2 Å². The van der Waals surface area contributed by atoms with Crippen LogP contribution in [0.1, 0.15) is 54.7 Å². The average molecular weight is 413 g/mol. The van der Waals surface area contributed by atoms with Crippen LogP contribution in [0.15, 0.2) is 47.0 Å². The Morgan fingerprint density at radius 3 is 2.60 bits per heavy atom. The van der Waals surface area contributed by atoms with Gasteiger partial charge in [-0.05, 0) is 59.7 Å². The van der Waals surface area contributed by atoms with Crippen LogP contribution in [0.2, 0.25) is 0 Å². The van der Waals surface area contributed by atoms with Crippen LogP contribution in [0.25, 0.3) is 11.5 Å². The number of hydrogen-bond acceptors (Lipinski definition) is 4. The third-order valence-electron chi connectivity index (χ3n) is 6.19. The van der Waals surface area contributed by atoms with Crippen molar-refractivity contribution in [2.45, 2.75) is 50.6 Å². The van der Waals surface area contributed by atoms with Crippen molar-refractivity contribution >= 4 is 11.6 Å². The first-order valence-electron chi connectivity index (χ1n) is 10.4. The summed E-state index contributed by atoms with van der Waals surface area (Å²) in [4.78, 5) is 6.34. The highest BCUT2D eigenvalue weighted by Crippen LogP contribution is 2.42. The quantitative estimate of drug-likeness (QED) is 0.492. The third-order valence-corrected chi connectivity index (χ3v) is 6.19. The molecule has 1 saturated carbocycles. The summed E-state index contributed by atoms with van der Waals surface area (Å²) in [6.07, 6.45) is 1.12. The number of alkyl halides is 3. The summed E-state index contributed by atoms with van der Waals surface area (Å²) in [5.41, 5.74) is 2.30. The normalized spacial score (nSPS) is 17.4. The molecule has 0 atom stereocenters. The largest absolute Gasteiger partial charge is 0.416 e. The minimum Gasteiger partial charge on any atom is -0.332 e. The van der Waals surface area contributed by atoms with E-state index in [9.17, 15) is 13.2 Å². The standard InChI is InChI=1S/C23H22F3N3O/c24-23(25,26)19-14-17(10-11-18(19)15-6-2-1-3-7-15)21-27-22(28-30-21)29-13-12-16-8-4-5-9-20(16)29/h4-5,8-11,14-15H,1-3,6-7,12-13H2. The molecule has 4 nitrogen and oxygen atoms in total. The van der Waals surface area contributed by atoms with Gasteiger partial charge in [0.05, 0.1) is 5.56 Å². The lowest BCUT2D eigenvalue weighted by Gasteiger charge is -2.25. The number of nitrogens with zero attached hydrogens (tertiary/aromatic N) is 3.